The fraction of sp³-hybridized carbons (Fsp3) is 0.318. The van der Waals surface area contributed by atoms with Crippen LogP contribution in [0.25, 0.3) is 10.2 Å². The molecule has 1 N–H and O–H groups in total. The first-order valence-corrected chi connectivity index (χ1v) is 10.4. The number of ketones is 1. The van der Waals surface area contributed by atoms with Gasteiger partial charge in [0, 0.05) is 30.3 Å². The van der Waals surface area contributed by atoms with E-state index in [4.69, 9.17) is 4.98 Å². The zero-order chi connectivity index (χ0) is 19.7. The van der Waals surface area contributed by atoms with Crippen LogP contribution in [0.3, 0.4) is 0 Å². The normalized spacial score (nSPS) is 15.0. The van der Waals surface area contributed by atoms with Gasteiger partial charge in [-0.05, 0) is 56.5 Å². The Morgan fingerprint density at radius 2 is 1.93 bits per heavy atom. The van der Waals surface area contributed by atoms with Gasteiger partial charge in [0.25, 0.3) is 0 Å². The van der Waals surface area contributed by atoms with E-state index in [0.717, 1.165) is 36.6 Å². The van der Waals surface area contributed by atoms with Crippen molar-refractivity contribution >= 4 is 44.1 Å². The maximum absolute atomic E-state index is 12.6. The molecule has 28 heavy (non-hydrogen) atoms. The van der Waals surface area contributed by atoms with Crippen molar-refractivity contribution in [3.05, 3.63) is 53.6 Å². The minimum absolute atomic E-state index is 0.00423. The van der Waals surface area contributed by atoms with E-state index in [-0.39, 0.29) is 17.6 Å². The number of hydrogen-bond donors (Lipinski definition) is 1. The van der Waals surface area contributed by atoms with E-state index in [1.807, 2.05) is 6.07 Å². The number of thiazole rings is 1. The summed E-state index contributed by atoms with van der Waals surface area (Å²) >= 11 is 1.72. The second-order valence-corrected chi connectivity index (χ2v) is 8.36. The Kier molecular flexibility index (Phi) is 5.13. The Labute approximate surface area is 168 Å². The molecule has 0 radical (unpaired) electrons. The van der Waals surface area contributed by atoms with Crippen molar-refractivity contribution in [1.29, 1.82) is 0 Å². The minimum Gasteiger partial charge on any atom is -0.348 e. The molecule has 0 spiro atoms. The summed E-state index contributed by atoms with van der Waals surface area (Å²) in [5.41, 5.74) is 3.57. The SMILES string of the molecule is CC(=O)c1cccc(NC(=O)C2CCN(c3nc4ccc(C)cc4s3)CC2)c1. The van der Waals surface area contributed by atoms with E-state index in [2.05, 4.69) is 35.3 Å². The molecule has 144 valence electrons. The highest BCUT2D eigenvalue weighted by atomic mass is 32.1. The van der Waals surface area contributed by atoms with Gasteiger partial charge in [-0.25, -0.2) is 4.98 Å². The topological polar surface area (TPSA) is 62.3 Å². The van der Waals surface area contributed by atoms with Gasteiger partial charge < -0.3 is 10.2 Å². The van der Waals surface area contributed by atoms with Crippen LogP contribution in [0.2, 0.25) is 0 Å². The van der Waals surface area contributed by atoms with Crippen LogP contribution in [0.1, 0.15) is 35.7 Å². The van der Waals surface area contributed by atoms with Crippen LogP contribution in [0.4, 0.5) is 10.8 Å². The minimum atomic E-state index is -0.0196. The molecule has 2 aromatic carbocycles. The van der Waals surface area contributed by atoms with Crippen LogP contribution in [-0.2, 0) is 4.79 Å². The predicted molar refractivity (Wildman–Crippen MR) is 114 cm³/mol. The van der Waals surface area contributed by atoms with Crippen molar-refractivity contribution < 1.29 is 9.59 Å². The second kappa shape index (κ2) is 7.72. The highest BCUT2D eigenvalue weighted by Crippen LogP contribution is 2.32. The van der Waals surface area contributed by atoms with E-state index >= 15 is 0 Å². The number of fused-ring (bicyclic) bond motifs is 1. The van der Waals surface area contributed by atoms with Gasteiger partial charge in [-0.2, -0.15) is 0 Å². The molecular weight excluding hydrogens is 370 g/mol. The Hall–Kier alpha value is -2.73. The number of nitrogens with one attached hydrogen (secondary N) is 1. The van der Waals surface area contributed by atoms with Gasteiger partial charge >= 0.3 is 0 Å². The lowest BCUT2D eigenvalue weighted by molar-refractivity contribution is -0.120. The zero-order valence-corrected chi connectivity index (χ0v) is 16.9. The third-order valence-corrected chi connectivity index (χ3v) is 6.28. The number of hydrogen-bond acceptors (Lipinski definition) is 5. The number of carbonyl (C=O) groups is 2. The summed E-state index contributed by atoms with van der Waals surface area (Å²) in [6, 6.07) is 13.4. The van der Waals surface area contributed by atoms with Gasteiger partial charge in [0.05, 0.1) is 10.2 Å². The molecule has 1 saturated heterocycles. The standard InChI is InChI=1S/C22H23N3O2S/c1-14-6-7-19-20(12-14)28-22(24-19)25-10-8-16(9-11-25)21(27)23-18-5-3-4-17(13-18)15(2)26/h3-7,12-13,16H,8-11H2,1-2H3,(H,23,27). The van der Waals surface area contributed by atoms with E-state index in [1.54, 1.807) is 29.5 Å². The highest BCUT2D eigenvalue weighted by Gasteiger charge is 2.26. The van der Waals surface area contributed by atoms with Gasteiger partial charge in [-0.3, -0.25) is 9.59 Å². The number of rotatable bonds is 4. The Balaban J connectivity index is 1.38. The van der Waals surface area contributed by atoms with Gasteiger partial charge in [-0.1, -0.05) is 29.5 Å². The third-order valence-electron chi connectivity index (χ3n) is 5.21. The molecule has 5 nitrogen and oxygen atoms in total. The van der Waals surface area contributed by atoms with Crippen LogP contribution in [-0.4, -0.2) is 29.8 Å². The molecule has 2 heterocycles. The highest BCUT2D eigenvalue weighted by molar-refractivity contribution is 7.22. The maximum Gasteiger partial charge on any atom is 0.227 e. The van der Waals surface area contributed by atoms with Crippen molar-refractivity contribution in [3.8, 4) is 0 Å². The smallest absolute Gasteiger partial charge is 0.227 e. The molecule has 0 bridgehead atoms. The van der Waals surface area contributed by atoms with Crippen molar-refractivity contribution in [3.63, 3.8) is 0 Å². The summed E-state index contributed by atoms with van der Waals surface area (Å²) in [6.45, 7) is 5.27. The molecule has 0 aliphatic carbocycles. The molecule has 0 saturated carbocycles. The number of Topliss-reactive ketones (excluding diaryl/α,β-unsaturated/α-hetero) is 1. The lowest BCUT2D eigenvalue weighted by atomic mass is 9.96. The van der Waals surface area contributed by atoms with E-state index in [1.165, 1.54) is 17.2 Å². The largest absolute Gasteiger partial charge is 0.348 e. The van der Waals surface area contributed by atoms with Gasteiger partial charge in [0.2, 0.25) is 5.91 Å². The molecule has 0 atom stereocenters. The molecular formula is C22H23N3O2S. The van der Waals surface area contributed by atoms with Crippen LogP contribution >= 0.6 is 11.3 Å². The Morgan fingerprint density at radius 1 is 1.14 bits per heavy atom. The number of anilines is 2. The van der Waals surface area contributed by atoms with Crippen molar-refractivity contribution in [2.24, 2.45) is 5.92 Å². The lowest BCUT2D eigenvalue weighted by Crippen LogP contribution is -2.38. The average Bonchev–Trinajstić information content (AvgIpc) is 3.11. The summed E-state index contributed by atoms with van der Waals surface area (Å²) in [5, 5.41) is 4.00. The van der Waals surface area contributed by atoms with Gasteiger partial charge in [-0.15, -0.1) is 0 Å². The fourth-order valence-electron chi connectivity index (χ4n) is 3.55. The number of carbonyl (C=O) groups excluding carboxylic acids is 2. The van der Waals surface area contributed by atoms with Crippen LogP contribution < -0.4 is 10.2 Å². The summed E-state index contributed by atoms with van der Waals surface area (Å²) in [7, 11) is 0. The molecule has 6 heteroatoms. The first-order valence-electron chi connectivity index (χ1n) is 9.53. The quantitative estimate of drug-likeness (QED) is 0.655. The fourth-order valence-corrected chi connectivity index (χ4v) is 4.66. The number of aryl methyl sites for hydroxylation is 1. The molecule has 1 aromatic heterocycles. The maximum atomic E-state index is 12.6. The molecule has 1 aliphatic rings. The molecule has 3 aromatic rings. The van der Waals surface area contributed by atoms with Gasteiger partial charge in [0.15, 0.2) is 10.9 Å². The van der Waals surface area contributed by atoms with E-state index < -0.39 is 0 Å². The van der Waals surface area contributed by atoms with Crippen LogP contribution in [0, 0.1) is 12.8 Å². The van der Waals surface area contributed by atoms with E-state index in [0.29, 0.717) is 11.3 Å². The number of aromatic nitrogens is 1. The molecule has 1 amide bonds. The summed E-state index contributed by atoms with van der Waals surface area (Å²) in [6.07, 6.45) is 1.60. The number of nitrogens with zero attached hydrogens (tertiary/aromatic N) is 2. The molecule has 1 fully saturated rings. The first kappa shape index (κ1) is 18.6. The van der Waals surface area contributed by atoms with Crippen molar-refractivity contribution in [1.82, 2.24) is 4.98 Å². The second-order valence-electron chi connectivity index (χ2n) is 7.36. The van der Waals surface area contributed by atoms with E-state index in [9.17, 15) is 9.59 Å². The molecule has 0 unspecified atom stereocenters. The van der Waals surface area contributed by atoms with Crippen molar-refractivity contribution in [2.75, 3.05) is 23.3 Å². The third kappa shape index (κ3) is 3.92. The van der Waals surface area contributed by atoms with Crippen LogP contribution in [0.15, 0.2) is 42.5 Å². The summed E-state index contributed by atoms with van der Waals surface area (Å²) < 4.78 is 1.21. The number of piperidine rings is 1. The zero-order valence-electron chi connectivity index (χ0n) is 16.1. The Morgan fingerprint density at radius 3 is 2.68 bits per heavy atom. The average molecular weight is 394 g/mol. The van der Waals surface area contributed by atoms with Gasteiger partial charge in [0.1, 0.15) is 0 Å². The first-order chi connectivity index (χ1) is 13.5. The van der Waals surface area contributed by atoms with Crippen LogP contribution in [0.5, 0.6) is 0 Å². The summed E-state index contributed by atoms with van der Waals surface area (Å²) in [4.78, 5) is 31.2. The molecule has 4 rings (SSSR count). The lowest BCUT2D eigenvalue weighted by Gasteiger charge is -2.31. The molecule has 1 aliphatic heterocycles. The number of amides is 1. The Bertz CT molecular complexity index is 1040. The number of benzene rings is 2. The van der Waals surface area contributed by atoms with Crippen molar-refractivity contribution in [2.45, 2.75) is 26.7 Å². The summed E-state index contributed by atoms with van der Waals surface area (Å²) in [5.74, 6) is 0.00423. The predicted octanol–water partition coefficient (Wildman–Crippen LogP) is 4.66. The monoisotopic (exact) mass is 393 g/mol.